The van der Waals surface area contributed by atoms with E-state index in [0.29, 0.717) is 5.69 Å². The summed E-state index contributed by atoms with van der Waals surface area (Å²) in [7, 11) is 3.83. The summed E-state index contributed by atoms with van der Waals surface area (Å²) in [5.41, 5.74) is 1.54. The van der Waals surface area contributed by atoms with Crippen molar-refractivity contribution in [3.05, 3.63) is 24.3 Å². The zero-order chi connectivity index (χ0) is 14.4. The first-order valence-electron chi connectivity index (χ1n) is 5.95. The van der Waals surface area contributed by atoms with Crippen LogP contribution in [0.4, 0.5) is 11.4 Å². The van der Waals surface area contributed by atoms with Crippen molar-refractivity contribution in [2.45, 2.75) is 13.0 Å². The molecule has 0 aliphatic rings. The monoisotopic (exact) mass is 265 g/mol. The van der Waals surface area contributed by atoms with E-state index < -0.39 is 17.9 Å². The molecule has 0 aliphatic carbocycles. The minimum atomic E-state index is -0.766. The fraction of sp³-hybridized carbons (Fsp3) is 0.385. The molecule has 0 heterocycles. The summed E-state index contributed by atoms with van der Waals surface area (Å²) in [5, 5.41) is 13.8. The summed E-state index contributed by atoms with van der Waals surface area (Å²) < 4.78 is 0. The van der Waals surface area contributed by atoms with E-state index in [-0.39, 0.29) is 6.54 Å². The van der Waals surface area contributed by atoms with E-state index in [0.717, 1.165) is 5.69 Å². The predicted molar refractivity (Wildman–Crippen MR) is 74.1 cm³/mol. The van der Waals surface area contributed by atoms with Crippen molar-refractivity contribution in [3.63, 3.8) is 0 Å². The highest BCUT2D eigenvalue weighted by atomic mass is 16.3. The van der Waals surface area contributed by atoms with Crippen LogP contribution in [0, 0.1) is 0 Å². The Hall–Kier alpha value is -2.08. The quantitative estimate of drug-likeness (QED) is 0.679. The molecule has 1 rings (SSSR count). The first kappa shape index (κ1) is 15.0. The number of anilines is 2. The lowest BCUT2D eigenvalue weighted by Gasteiger charge is -2.13. The van der Waals surface area contributed by atoms with Crippen LogP contribution in [0.1, 0.15) is 6.92 Å². The fourth-order valence-corrected chi connectivity index (χ4v) is 1.35. The molecule has 3 N–H and O–H groups in total. The number of carbonyl (C=O) groups excluding carboxylic acids is 2. The molecule has 0 saturated carbocycles. The number of rotatable bonds is 4. The molecule has 19 heavy (non-hydrogen) atoms. The molecule has 0 unspecified atom stereocenters. The van der Waals surface area contributed by atoms with Crippen molar-refractivity contribution in [3.8, 4) is 0 Å². The zero-order valence-corrected chi connectivity index (χ0v) is 11.3. The second-order valence-corrected chi connectivity index (χ2v) is 4.45. The number of aliphatic hydroxyl groups is 1. The second-order valence-electron chi connectivity index (χ2n) is 4.45. The van der Waals surface area contributed by atoms with Gasteiger partial charge in [0.25, 0.3) is 0 Å². The number of carbonyl (C=O) groups is 2. The van der Waals surface area contributed by atoms with Gasteiger partial charge in [0, 0.05) is 32.0 Å². The highest BCUT2D eigenvalue weighted by molar-refractivity contribution is 6.39. The largest absolute Gasteiger partial charge is 0.392 e. The molecule has 0 spiro atoms. The van der Waals surface area contributed by atoms with Crippen molar-refractivity contribution in [2.24, 2.45) is 0 Å². The standard InChI is InChI=1S/C13H19N3O3/c1-9(17)8-14-12(18)13(19)15-10-4-6-11(7-5-10)16(2)3/h4-7,9,17H,8H2,1-3H3,(H,14,18)(H,15,19)/t9-/m1/s1. The van der Waals surface area contributed by atoms with Crippen LogP contribution in [0.2, 0.25) is 0 Å². The summed E-state index contributed by atoms with van der Waals surface area (Å²) in [4.78, 5) is 24.8. The third-order valence-electron chi connectivity index (χ3n) is 2.41. The molecule has 6 nitrogen and oxygen atoms in total. The van der Waals surface area contributed by atoms with E-state index >= 15 is 0 Å². The summed E-state index contributed by atoms with van der Waals surface area (Å²) in [5.74, 6) is -1.52. The maximum atomic E-state index is 11.5. The van der Waals surface area contributed by atoms with Crippen molar-refractivity contribution >= 4 is 23.2 Å². The van der Waals surface area contributed by atoms with Crippen molar-refractivity contribution < 1.29 is 14.7 Å². The first-order valence-corrected chi connectivity index (χ1v) is 5.95. The fourth-order valence-electron chi connectivity index (χ4n) is 1.35. The van der Waals surface area contributed by atoms with Gasteiger partial charge >= 0.3 is 11.8 Å². The molecule has 0 radical (unpaired) electrons. The van der Waals surface area contributed by atoms with Gasteiger partial charge in [-0.25, -0.2) is 0 Å². The Morgan fingerprint density at radius 1 is 1.21 bits per heavy atom. The Morgan fingerprint density at radius 2 is 1.79 bits per heavy atom. The highest BCUT2D eigenvalue weighted by Crippen LogP contribution is 2.15. The Kier molecular flexibility index (Phi) is 5.32. The Morgan fingerprint density at radius 3 is 2.26 bits per heavy atom. The molecule has 0 aromatic heterocycles. The average Bonchev–Trinajstić information content (AvgIpc) is 2.36. The van der Waals surface area contributed by atoms with Crippen LogP contribution in [0.3, 0.4) is 0 Å². The number of hydrogen-bond donors (Lipinski definition) is 3. The number of amides is 2. The number of benzene rings is 1. The molecule has 6 heteroatoms. The van der Waals surface area contributed by atoms with Crippen molar-refractivity contribution in [1.29, 1.82) is 0 Å². The Bertz CT molecular complexity index is 441. The van der Waals surface area contributed by atoms with E-state index in [9.17, 15) is 9.59 Å². The van der Waals surface area contributed by atoms with Crippen LogP contribution in [0.25, 0.3) is 0 Å². The number of nitrogens with zero attached hydrogens (tertiary/aromatic N) is 1. The Balaban J connectivity index is 2.54. The van der Waals surface area contributed by atoms with Crippen molar-refractivity contribution in [1.82, 2.24) is 5.32 Å². The molecule has 1 aromatic rings. The zero-order valence-electron chi connectivity index (χ0n) is 11.3. The van der Waals surface area contributed by atoms with Crippen LogP contribution in [0.15, 0.2) is 24.3 Å². The average molecular weight is 265 g/mol. The molecule has 0 aliphatic heterocycles. The minimum Gasteiger partial charge on any atom is -0.392 e. The van der Waals surface area contributed by atoms with Crippen LogP contribution in [-0.4, -0.2) is 43.7 Å². The van der Waals surface area contributed by atoms with Gasteiger partial charge in [0.15, 0.2) is 0 Å². The molecule has 0 fully saturated rings. The second kappa shape index (κ2) is 6.75. The summed E-state index contributed by atoms with van der Waals surface area (Å²) in [6, 6.07) is 7.11. The molecule has 1 aromatic carbocycles. The van der Waals surface area contributed by atoms with Crippen LogP contribution in [0.5, 0.6) is 0 Å². The van der Waals surface area contributed by atoms with E-state index in [1.54, 1.807) is 12.1 Å². The topological polar surface area (TPSA) is 81.7 Å². The number of aliphatic hydroxyl groups excluding tert-OH is 1. The van der Waals surface area contributed by atoms with Gasteiger partial charge in [-0.3, -0.25) is 9.59 Å². The van der Waals surface area contributed by atoms with Gasteiger partial charge < -0.3 is 20.6 Å². The van der Waals surface area contributed by atoms with Gasteiger partial charge in [-0.1, -0.05) is 0 Å². The maximum Gasteiger partial charge on any atom is 0.313 e. The summed E-state index contributed by atoms with van der Waals surface area (Å²) >= 11 is 0. The number of hydrogen-bond acceptors (Lipinski definition) is 4. The van der Waals surface area contributed by atoms with Crippen LogP contribution < -0.4 is 15.5 Å². The van der Waals surface area contributed by atoms with Gasteiger partial charge in [-0.15, -0.1) is 0 Å². The van der Waals surface area contributed by atoms with Gasteiger partial charge in [-0.05, 0) is 31.2 Å². The predicted octanol–water partition coefficient (Wildman–Crippen LogP) is 0.188. The lowest BCUT2D eigenvalue weighted by molar-refractivity contribution is -0.136. The van der Waals surface area contributed by atoms with Gasteiger partial charge in [0.1, 0.15) is 0 Å². The van der Waals surface area contributed by atoms with E-state index in [1.807, 2.05) is 31.1 Å². The Labute approximate surface area is 112 Å². The summed E-state index contributed by atoms with van der Waals surface area (Å²) in [6.45, 7) is 1.57. The normalized spacial score (nSPS) is 11.6. The van der Waals surface area contributed by atoms with E-state index in [4.69, 9.17) is 5.11 Å². The van der Waals surface area contributed by atoms with Gasteiger partial charge in [-0.2, -0.15) is 0 Å². The van der Waals surface area contributed by atoms with Crippen molar-refractivity contribution in [2.75, 3.05) is 30.9 Å². The number of nitrogens with one attached hydrogen (secondary N) is 2. The molecule has 2 amide bonds. The summed E-state index contributed by atoms with van der Waals surface area (Å²) in [6.07, 6.45) is -0.684. The van der Waals surface area contributed by atoms with Crippen LogP contribution in [-0.2, 0) is 9.59 Å². The first-order chi connectivity index (χ1) is 8.90. The van der Waals surface area contributed by atoms with E-state index in [2.05, 4.69) is 10.6 Å². The SMILES string of the molecule is C[C@@H](O)CNC(=O)C(=O)Nc1ccc(N(C)C)cc1. The molecule has 104 valence electrons. The maximum absolute atomic E-state index is 11.5. The molecular formula is C13H19N3O3. The molecule has 0 bridgehead atoms. The van der Waals surface area contributed by atoms with Gasteiger partial charge in [0.2, 0.25) is 0 Å². The highest BCUT2D eigenvalue weighted by Gasteiger charge is 2.13. The molecular weight excluding hydrogens is 246 g/mol. The lowest BCUT2D eigenvalue weighted by Crippen LogP contribution is -2.38. The van der Waals surface area contributed by atoms with E-state index in [1.165, 1.54) is 6.92 Å². The molecule has 1 atom stereocenters. The van der Waals surface area contributed by atoms with Crippen LogP contribution >= 0.6 is 0 Å². The van der Waals surface area contributed by atoms with Gasteiger partial charge in [0.05, 0.1) is 6.10 Å². The third kappa shape index (κ3) is 4.97. The lowest BCUT2D eigenvalue weighted by atomic mass is 10.2. The minimum absolute atomic E-state index is 0.0474. The smallest absolute Gasteiger partial charge is 0.313 e. The third-order valence-corrected chi connectivity index (χ3v) is 2.41. The molecule has 0 saturated heterocycles.